The van der Waals surface area contributed by atoms with Gasteiger partial charge in [-0.2, -0.15) is 0 Å². The van der Waals surface area contributed by atoms with Crippen LogP contribution in [0.1, 0.15) is 33.6 Å². The van der Waals surface area contributed by atoms with E-state index in [1.807, 2.05) is 33.1 Å². The first-order valence-electron chi connectivity index (χ1n) is 12.1. The van der Waals surface area contributed by atoms with Crippen LogP contribution < -0.4 is 15.2 Å². The summed E-state index contributed by atoms with van der Waals surface area (Å²) in [7, 11) is 10.4. The van der Waals surface area contributed by atoms with Crippen molar-refractivity contribution in [2.45, 2.75) is 12.8 Å². The van der Waals surface area contributed by atoms with Crippen molar-refractivity contribution in [3.63, 3.8) is 0 Å². The van der Waals surface area contributed by atoms with E-state index in [1.165, 1.54) is 26.4 Å². The third-order valence-electron chi connectivity index (χ3n) is 5.12. The molecule has 0 unspecified atom stereocenters. The van der Waals surface area contributed by atoms with Crippen molar-refractivity contribution in [2.75, 3.05) is 74.4 Å². The van der Waals surface area contributed by atoms with Crippen LogP contribution in [0.15, 0.2) is 33.2 Å². The number of esters is 2. The van der Waals surface area contributed by atoms with Gasteiger partial charge in [0.2, 0.25) is 5.75 Å². The summed E-state index contributed by atoms with van der Waals surface area (Å²) in [4.78, 5) is 38.0. The third kappa shape index (κ3) is 13.4. The largest absolute Gasteiger partial charge is 0.490 e. The number of nitro groups is 1. The molecular weight excluding hydrogens is 712 g/mol. The first-order chi connectivity index (χ1) is 18.8. The van der Waals surface area contributed by atoms with Crippen LogP contribution in [0.25, 0.3) is 0 Å². The maximum absolute atomic E-state index is 11.7. The number of methoxy groups -OCH3 is 2. The van der Waals surface area contributed by atoms with Crippen molar-refractivity contribution >= 4 is 55.2 Å². The molecule has 12 nitrogen and oxygen atoms in total. The second-order valence-electron chi connectivity index (χ2n) is 8.92. The molecule has 41 heavy (non-hydrogen) atoms. The van der Waals surface area contributed by atoms with Crippen LogP contribution in [0.2, 0.25) is 0 Å². The van der Waals surface area contributed by atoms with Crippen LogP contribution in [0.3, 0.4) is 0 Å². The maximum atomic E-state index is 11.7. The molecule has 2 rings (SSSR count). The van der Waals surface area contributed by atoms with Crippen molar-refractivity contribution in [3.05, 3.63) is 54.5 Å². The first-order valence-corrected chi connectivity index (χ1v) is 13.7. The van der Waals surface area contributed by atoms with Crippen LogP contribution in [-0.4, -0.2) is 95.4 Å². The Balaban J connectivity index is 0.000000765. The number of rotatable bonds is 13. The Kier molecular flexibility index (Phi) is 18.5. The van der Waals surface area contributed by atoms with Gasteiger partial charge in [-0.05, 0) is 59.2 Å². The fraction of sp³-hybridized carbons (Fsp3) is 0.462. The van der Waals surface area contributed by atoms with Gasteiger partial charge < -0.3 is 34.5 Å². The molecule has 2 N–H and O–H groups in total. The number of nitrogen functional groups attached to an aromatic ring is 1. The minimum absolute atomic E-state index is 0. The number of carbonyl (C=O) groups excluding carboxylic acids is 2. The normalized spacial score (nSPS) is 10.3. The molecule has 0 radical (unpaired) electrons. The summed E-state index contributed by atoms with van der Waals surface area (Å²) >= 11 is 6.43. The molecule has 230 valence electrons. The van der Waals surface area contributed by atoms with Gasteiger partial charge in [0.1, 0.15) is 11.1 Å². The molecular formula is C26H36Br2FeN4O8. The zero-order valence-electron chi connectivity index (χ0n) is 23.8. The zero-order chi connectivity index (χ0) is 30.4. The SMILES string of the molecule is COC(=O)c1cc(Br)cc(N)c1OCCCN(C)C.COC(=O)c1cc(Br)cc([N+](=O)[O-])c1OCCCN(C)C.[Fe]. The maximum Gasteiger partial charge on any atom is 0.341 e. The average molecular weight is 748 g/mol. The predicted octanol–water partition coefficient (Wildman–Crippen LogP) is 4.62. The summed E-state index contributed by atoms with van der Waals surface area (Å²) in [5.41, 5.74) is 6.39. The number of ether oxygens (including phenoxy) is 4. The fourth-order valence-corrected chi connectivity index (χ4v) is 4.20. The summed E-state index contributed by atoms with van der Waals surface area (Å²) in [6.07, 6.45) is 1.53. The topological polar surface area (TPSA) is 147 Å². The zero-order valence-corrected chi connectivity index (χ0v) is 28.1. The number of anilines is 1. The first kappa shape index (κ1) is 38.6. The smallest absolute Gasteiger partial charge is 0.341 e. The van der Waals surface area contributed by atoms with Crippen LogP contribution >= 0.6 is 31.9 Å². The van der Waals surface area contributed by atoms with Gasteiger partial charge >= 0.3 is 17.6 Å². The summed E-state index contributed by atoms with van der Waals surface area (Å²) < 4.78 is 21.6. The van der Waals surface area contributed by atoms with Gasteiger partial charge in [-0.15, -0.1) is 0 Å². The van der Waals surface area contributed by atoms with Crippen molar-refractivity contribution in [1.29, 1.82) is 0 Å². The number of benzene rings is 2. The molecule has 0 saturated carbocycles. The number of hydrogen-bond donors (Lipinski definition) is 1. The van der Waals surface area contributed by atoms with Crippen LogP contribution in [-0.2, 0) is 26.5 Å². The Labute approximate surface area is 267 Å². The molecule has 0 aliphatic carbocycles. The van der Waals surface area contributed by atoms with Gasteiger partial charge in [0, 0.05) is 45.2 Å². The van der Waals surface area contributed by atoms with E-state index in [9.17, 15) is 19.7 Å². The standard InChI is InChI=1S/C13H17BrN2O5.C13H19BrN2O3.Fe/c1-15(2)5-4-6-21-12-10(13(17)20-3)7-9(14)8-11(12)16(18)19;1-16(2)5-4-6-19-12-10(13(17)18-3)7-9(14)8-11(12)15;/h7-8H,4-6H2,1-3H3;7-8H,4-6,15H2,1-3H3;. The number of nitro benzene ring substituents is 1. The van der Waals surface area contributed by atoms with E-state index in [-0.39, 0.29) is 40.7 Å². The quantitative estimate of drug-likeness (QED) is 0.0765. The summed E-state index contributed by atoms with van der Waals surface area (Å²) in [5.74, 6) is -0.819. The number of nitrogens with two attached hydrogens (primary N) is 1. The van der Waals surface area contributed by atoms with Gasteiger partial charge in [0.25, 0.3) is 0 Å². The Morgan fingerprint density at radius 3 is 1.66 bits per heavy atom. The monoisotopic (exact) mass is 746 g/mol. The summed E-state index contributed by atoms with van der Waals surface area (Å²) in [6.45, 7) is 2.44. The molecule has 0 saturated heterocycles. The van der Waals surface area contributed by atoms with Gasteiger partial charge in [0.15, 0.2) is 5.75 Å². The van der Waals surface area contributed by atoms with Crippen LogP contribution in [0.5, 0.6) is 11.5 Å². The van der Waals surface area contributed by atoms with Gasteiger partial charge in [-0.1, -0.05) is 31.9 Å². The van der Waals surface area contributed by atoms with Gasteiger partial charge in [0.05, 0.1) is 38.0 Å². The van der Waals surface area contributed by atoms with E-state index in [1.54, 1.807) is 12.1 Å². The number of halogens is 2. The minimum atomic E-state index is -0.679. The Morgan fingerprint density at radius 2 is 1.24 bits per heavy atom. The van der Waals surface area contributed by atoms with Gasteiger partial charge in [-0.3, -0.25) is 10.1 Å². The summed E-state index contributed by atoms with van der Waals surface area (Å²) in [6, 6.07) is 6.09. The average Bonchev–Trinajstić information content (AvgIpc) is 2.88. The minimum Gasteiger partial charge on any atom is -0.490 e. The van der Waals surface area contributed by atoms with Crippen LogP contribution in [0, 0.1) is 10.1 Å². The molecule has 0 bridgehead atoms. The van der Waals surface area contributed by atoms with E-state index in [0.29, 0.717) is 39.0 Å². The Hall–Kier alpha value is -2.42. The molecule has 0 atom stereocenters. The Bertz CT molecular complexity index is 1170. The third-order valence-corrected chi connectivity index (χ3v) is 6.03. The Morgan fingerprint density at radius 1 is 0.829 bits per heavy atom. The molecule has 0 aromatic heterocycles. The van der Waals surface area contributed by atoms with Crippen molar-refractivity contribution < 1.29 is 50.5 Å². The molecule has 2 aromatic rings. The van der Waals surface area contributed by atoms with Crippen LogP contribution in [0.4, 0.5) is 11.4 Å². The molecule has 0 heterocycles. The molecule has 0 aliphatic heterocycles. The molecule has 0 aliphatic rings. The number of nitrogens with zero attached hydrogens (tertiary/aromatic N) is 3. The molecule has 0 spiro atoms. The second kappa shape index (κ2) is 19.7. The molecule has 15 heteroatoms. The van der Waals surface area contributed by atoms with Crippen molar-refractivity contribution in [1.82, 2.24) is 9.80 Å². The fourth-order valence-electron chi connectivity index (χ4n) is 3.28. The predicted molar refractivity (Wildman–Crippen MR) is 159 cm³/mol. The van der Waals surface area contributed by atoms with E-state index < -0.39 is 16.9 Å². The second-order valence-corrected chi connectivity index (χ2v) is 10.8. The van der Waals surface area contributed by atoms with Crippen molar-refractivity contribution in [2.24, 2.45) is 0 Å². The van der Waals surface area contributed by atoms with Gasteiger partial charge in [-0.25, -0.2) is 9.59 Å². The van der Waals surface area contributed by atoms with E-state index in [4.69, 9.17) is 19.9 Å². The van der Waals surface area contributed by atoms with E-state index in [2.05, 4.69) is 41.5 Å². The molecule has 0 fully saturated rings. The van der Waals surface area contributed by atoms with Crippen molar-refractivity contribution in [3.8, 4) is 11.5 Å². The van der Waals surface area contributed by atoms with E-state index in [0.717, 1.165) is 19.5 Å². The van der Waals surface area contributed by atoms with E-state index >= 15 is 0 Å². The number of carbonyl (C=O) groups is 2. The molecule has 2 aromatic carbocycles. The summed E-state index contributed by atoms with van der Waals surface area (Å²) in [5, 5.41) is 11.1. The molecule has 0 amide bonds. The number of hydrogen-bond acceptors (Lipinski definition) is 11.